The summed E-state index contributed by atoms with van der Waals surface area (Å²) in [7, 11) is 0. The molecule has 6 rings (SSSR count). The standard InChI is InChI=1S/C21H25.C14H11Cl.C5H5.2ClH.Zr/c1-20(2,3)16-9-7-14-11-15-8-10-17(21(4,5)6)13-19(15)18(14)12-16;1-11-5-7-12(8-6-11)9-13-3-2-4-14(15)10-13;1-2-4-5-3-1;;;/h7,9-10,12-13H,11H2,1-6H3;2-8,10H,1H3;1-3H,4H2;2*1H;/q-1;;-1;;;+2/p-2. The van der Waals surface area contributed by atoms with Gasteiger partial charge in [-0.25, -0.2) is 12.2 Å². The van der Waals surface area contributed by atoms with E-state index in [1.165, 1.54) is 77.5 Å². The zero-order chi connectivity index (χ0) is 30.5. The second kappa shape index (κ2) is 16.5. The summed E-state index contributed by atoms with van der Waals surface area (Å²) in [5, 5.41) is 0.796. The van der Waals surface area contributed by atoms with Gasteiger partial charge in [-0.3, -0.25) is 6.08 Å². The van der Waals surface area contributed by atoms with Crippen molar-refractivity contribution < 1.29 is 49.0 Å². The molecule has 228 valence electrons. The van der Waals surface area contributed by atoms with Crippen LogP contribution in [0.5, 0.6) is 0 Å². The molecule has 44 heavy (non-hydrogen) atoms. The maximum absolute atomic E-state index is 6.00. The Morgan fingerprint density at radius 3 is 1.98 bits per heavy atom. The molecule has 0 fully saturated rings. The first-order valence-corrected chi connectivity index (χ1v) is 16.3. The number of benzene rings is 4. The summed E-state index contributed by atoms with van der Waals surface area (Å²) >= 11 is 7.40. The van der Waals surface area contributed by atoms with E-state index in [9.17, 15) is 0 Å². The molecule has 0 aliphatic heterocycles. The molecule has 0 radical (unpaired) electrons. The van der Waals surface area contributed by atoms with Crippen LogP contribution < -0.4 is 24.8 Å². The second-order valence-corrected chi connectivity index (χ2v) is 14.7. The van der Waals surface area contributed by atoms with Crippen molar-refractivity contribution in [3.05, 3.63) is 153 Å². The van der Waals surface area contributed by atoms with Crippen LogP contribution in [0.2, 0.25) is 5.02 Å². The summed E-state index contributed by atoms with van der Waals surface area (Å²) < 4.78 is 1.34. The molecule has 2 aliphatic rings. The van der Waals surface area contributed by atoms with Gasteiger partial charge in [-0.15, -0.1) is 12.0 Å². The van der Waals surface area contributed by atoms with Gasteiger partial charge >= 0.3 is 116 Å². The minimum atomic E-state index is 0. The summed E-state index contributed by atoms with van der Waals surface area (Å²) in [5.41, 5.74) is 12.6. The molecule has 2 aliphatic carbocycles. The van der Waals surface area contributed by atoms with Gasteiger partial charge in [0, 0.05) is 0 Å². The second-order valence-electron chi connectivity index (χ2n) is 13.1. The topological polar surface area (TPSA) is 0 Å². The Balaban J connectivity index is 0.000000260. The SMILES string of the molecule is CC(C)(C)c1c[c-]c2c(c1)-c1cc(C(C)(C)C)ccc1C2.Cc1ccc([C](=[Zr+2])c2cccc(Cl)c2)cc1.[C-]1=CC=CC1.[Cl-].[Cl-]. The van der Waals surface area contributed by atoms with E-state index in [-0.39, 0.29) is 35.6 Å². The van der Waals surface area contributed by atoms with Gasteiger partial charge in [0.05, 0.1) is 0 Å². The van der Waals surface area contributed by atoms with Crippen molar-refractivity contribution in [1.82, 2.24) is 0 Å². The Hall–Kier alpha value is -2.02. The maximum atomic E-state index is 6.00. The molecule has 0 unspecified atom stereocenters. The van der Waals surface area contributed by atoms with Gasteiger partial charge in [0.15, 0.2) is 0 Å². The van der Waals surface area contributed by atoms with Gasteiger partial charge in [-0.2, -0.15) is 35.4 Å². The smallest absolute Gasteiger partial charge is 0.109 e. The van der Waals surface area contributed by atoms with Crippen molar-refractivity contribution in [3.63, 3.8) is 0 Å². The van der Waals surface area contributed by atoms with Crippen molar-refractivity contribution in [3.8, 4) is 11.1 Å². The van der Waals surface area contributed by atoms with E-state index >= 15 is 0 Å². The van der Waals surface area contributed by atoms with E-state index in [1.54, 1.807) is 0 Å². The molecule has 0 saturated heterocycles. The van der Waals surface area contributed by atoms with Crippen molar-refractivity contribution in [2.75, 3.05) is 0 Å². The van der Waals surface area contributed by atoms with Gasteiger partial charge in [-0.05, 0) is 17.4 Å². The number of hydrogen-bond donors (Lipinski definition) is 0. The average Bonchev–Trinajstić information content (AvgIpc) is 3.64. The van der Waals surface area contributed by atoms with Crippen LogP contribution in [0.25, 0.3) is 11.1 Å². The van der Waals surface area contributed by atoms with Crippen LogP contribution in [-0.2, 0) is 41.5 Å². The molecule has 4 heteroatoms. The summed E-state index contributed by atoms with van der Waals surface area (Å²) in [5.74, 6) is 0. The third-order valence-corrected chi connectivity index (χ3v) is 9.22. The maximum Gasteiger partial charge on any atom is -0.109 e. The molecule has 0 heterocycles. The van der Waals surface area contributed by atoms with Gasteiger partial charge in [0.1, 0.15) is 0 Å². The molecule has 0 amide bonds. The minimum Gasteiger partial charge on any atom is -1.00 e. The molecular weight excluding hydrogens is 678 g/mol. The first-order valence-electron chi connectivity index (χ1n) is 14.6. The Bertz CT molecular complexity index is 1540. The number of aryl methyl sites for hydroxylation is 1. The van der Waals surface area contributed by atoms with E-state index in [1.807, 2.05) is 30.4 Å². The fourth-order valence-corrected chi connectivity index (χ4v) is 5.84. The van der Waals surface area contributed by atoms with Crippen LogP contribution in [0, 0.1) is 19.1 Å². The zero-order valence-corrected chi connectivity index (χ0v) is 31.5. The van der Waals surface area contributed by atoms with Crippen LogP contribution >= 0.6 is 11.6 Å². The summed E-state index contributed by atoms with van der Waals surface area (Å²) in [6.07, 6.45) is 11.0. The molecule has 0 spiro atoms. The van der Waals surface area contributed by atoms with E-state index in [4.69, 9.17) is 11.6 Å². The minimum absolute atomic E-state index is 0. The summed E-state index contributed by atoms with van der Waals surface area (Å²) in [6, 6.07) is 31.7. The van der Waals surface area contributed by atoms with Crippen LogP contribution in [0.3, 0.4) is 0 Å². The first kappa shape index (κ1) is 38.2. The zero-order valence-electron chi connectivity index (χ0n) is 26.8. The van der Waals surface area contributed by atoms with Crippen molar-refractivity contribution in [2.45, 2.75) is 72.1 Å². The quantitative estimate of drug-likeness (QED) is 0.232. The van der Waals surface area contributed by atoms with E-state index < -0.39 is 0 Å². The van der Waals surface area contributed by atoms with E-state index in [0.717, 1.165) is 17.9 Å². The number of hydrogen-bond acceptors (Lipinski definition) is 0. The number of allylic oxidation sites excluding steroid dienone is 4. The van der Waals surface area contributed by atoms with Gasteiger partial charge < -0.3 is 24.8 Å². The van der Waals surface area contributed by atoms with E-state index in [0.29, 0.717) is 0 Å². The van der Waals surface area contributed by atoms with Gasteiger partial charge in [0.2, 0.25) is 0 Å². The summed E-state index contributed by atoms with van der Waals surface area (Å²) in [4.78, 5) is 0. The molecule has 4 aromatic rings. The molecular formula is C40H41Cl3Zr-2. The van der Waals surface area contributed by atoms with Crippen LogP contribution in [0.4, 0.5) is 0 Å². The van der Waals surface area contributed by atoms with Crippen LogP contribution in [-0.4, -0.2) is 3.21 Å². The molecule has 0 atom stereocenters. The molecule has 4 aromatic carbocycles. The van der Waals surface area contributed by atoms with Crippen molar-refractivity contribution >= 4 is 14.8 Å². The first-order chi connectivity index (χ1) is 19.8. The third-order valence-electron chi connectivity index (χ3n) is 7.57. The number of fused-ring (bicyclic) bond motifs is 3. The Labute approximate surface area is 298 Å². The predicted molar refractivity (Wildman–Crippen MR) is 178 cm³/mol. The normalized spacial score (nSPS) is 12.4. The molecule has 0 saturated carbocycles. The average molecular weight is 719 g/mol. The molecule has 0 nitrogen and oxygen atoms in total. The van der Waals surface area contributed by atoms with Gasteiger partial charge in [0.25, 0.3) is 0 Å². The molecule has 0 aromatic heterocycles. The number of halogens is 3. The monoisotopic (exact) mass is 716 g/mol. The van der Waals surface area contributed by atoms with Crippen LogP contribution in [0.1, 0.15) is 86.9 Å². The third kappa shape index (κ3) is 10.3. The summed E-state index contributed by atoms with van der Waals surface area (Å²) in [6.45, 7) is 15.7. The Morgan fingerprint density at radius 1 is 0.773 bits per heavy atom. The fraction of sp³-hybridized carbons (Fsp3) is 0.275. The predicted octanol–water partition coefficient (Wildman–Crippen LogP) is 4.73. The van der Waals surface area contributed by atoms with E-state index in [2.05, 4.69) is 127 Å². The Morgan fingerprint density at radius 2 is 1.43 bits per heavy atom. The van der Waals surface area contributed by atoms with Crippen molar-refractivity contribution in [2.24, 2.45) is 0 Å². The Kier molecular flexibility index (Phi) is 14.3. The molecule has 0 N–H and O–H groups in total. The largest absolute Gasteiger partial charge is 1.00 e. The van der Waals surface area contributed by atoms with Crippen molar-refractivity contribution in [1.29, 1.82) is 0 Å². The fourth-order valence-electron chi connectivity index (χ4n) is 4.86. The van der Waals surface area contributed by atoms with Crippen LogP contribution in [0.15, 0.2) is 97.1 Å². The number of rotatable bonds is 2. The van der Waals surface area contributed by atoms with Gasteiger partial charge in [-0.1, -0.05) is 76.3 Å². The molecule has 0 bridgehead atoms.